The molecule has 1 aliphatic rings. The summed E-state index contributed by atoms with van der Waals surface area (Å²) in [6, 6.07) is 14.4. The maximum Gasteiger partial charge on any atom is 0.269 e. The number of carbonyl (C=O) groups is 1. The van der Waals surface area contributed by atoms with Gasteiger partial charge in [-0.1, -0.05) is 24.3 Å². The van der Waals surface area contributed by atoms with E-state index in [4.69, 9.17) is 0 Å². The molecule has 3 rings (SSSR count). The standard InChI is InChI=1S/C19H20N2O3/c22-19(15-6-2-1-3-7-15)20-10-4-5-14-11-16-8-9-18(21(23)24)13-17(16)12-14/h1-3,6-9,13-14H,4-5,10-12H2,(H,20,22). The van der Waals surface area contributed by atoms with Crippen LogP contribution in [0.2, 0.25) is 0 Å². The van der Waals surface area contributed by atoms with Gasteiger partial charge in [0.25, 0.3) is 11.6 Å². The molecule has 0 aromatic heterocycles. The number of hydrogen-bond donors (Lipinski definition) is 1. The van der Waals surface area contributed by atoms with E-state index in [0.717, 1.165) is 31.2 Å². The first-order chi connectivity index (χ1) is 11.6. The second-order valence-electron chi connectivity index (χ2n) is 6.25. The van der Waals surface area contributed by atoms with Gasteiger partial charge in [-0.05, 0) is 54.9 Å². The van der Waals surface area contributed by atoms with Gasteiger partial charge in [0.2, 0.25) is 0 Å². The summed E-state index contributed by atoms with van der Waals surface area (Å²) in [6.07, 6.45) is 3.79. The van der Waals surface area contributed by atoms with Crippen molar-refractivity contribution in [1.82, 2.24) is 5.32 Å². The maximum absolute atomic E-state index is 11.9. The molecule has 1 unspecified atom stereocenters. The molecule has 0 heterocycles. The van der Waals surface area contributed by atoms with Crippen LogP contribution < -0.4 is 5.32 Å². The number of benzene rings is 2. The van der Waals surface area contributed by atoms with Crippen molar-refractivity contribution < 1.29 is 9.72 Å². The molecular weight excluding hydrogens is 304 g/mol. The number of nitrogens with zero attached hydrogens (tertiary/aromatic N) is 1. The minimum absolute atomic E-state index is 0.0408. The van der Waals surface area contributed by atoms with Crippen molar-refractivity contribution in [3.8, 4) is 0 Å². The summed E-state index contributed by atoms with van der Waals surface area (Å²) in [4.78, 5) is 22.4. The van der Waals surface area contributed by atoms with Gasteiger partial charge in [-0.2, -0.15) is 0 Å². The van der Waals surface area contributed by atoms with Crippen LogP contribution in [0.5, 0.6) is 0 Å². The van der Waals surface area contributed by atoms with Crippen LogP contribution in [0.4, 0.5) is 5.69 Å². The number of non-ortho nitro benzene ring substituents is 1. The Bertz CT molecular complexity index is 744. The Morgan fingerprint density at radius 1 is 1.12 bits per heavy atom. The molecule has 1 atom stereocenters. The zero-order chi connectivity index (χ0) is 16.9. The third-order valence-electron chi connectivity index (χ3n) is 4.53. The van der Waals surface area contributed by atoms with E-state index in [9.17, 15) is 14.9 Å². The van der Waals surface area contributed by atoms with Gasteiger partial charge in [0.1, 0.15) is 0 Å². The first kappa shape index (κ1) is 16.2. The quantitative estimate of drug-likeness (QED) is 0.502. The van der Waals surface area contributed by atoms with E-state index in [1.807, 2.05) is 24.3 Å². The highest BCUT2D eigenvalue weighted by molar-refractivity contribution is 5.94. The lowest BCUT2D eigenvalue weighted by Crippen LogP contribution is -2.24. The fraction of sp³-hybridized carbons (Fsp3) is 0.316. The van der Waals surface area contributed by atoms with Crippen molar-refractivity contribution in [1.29, 1.82) is 0 Å². The molecule has 1 N–H and O–H groups in total. The van der Waals surface area contributed by atoms with Crippen LogP contribution in [-0.2, 0) is 12.8 Å². The molecule has 0 saturated heterocycles. The van der Waals surface area contributed by atoms with Crippen molar-refractivity contribution in [3.05, 3.63) is 75.3 Å². The molecule has 1 amide bonds. The van der Waals surface area contributed by atoms with Gasteiger partial charge in [-0.3, -0.25) is 14.9 Å². The average molecular weight is 324 g/mol. The molecule has 124 valence electrons. The molecule has 24 heavy (non-hydrogen) atoms. The van der Waals surface area contributed by atoms with E-state index in [-0.39, 0.29) is 16.5 Å². The summed E-state index contributed by atoms with van der Waals surface area (Å²) in [7, 11) is 0. The molecule has 2 aromatic rings. The molecule has 0 radical (unpaired) electrons. The van der Waals surface area contributed by atoms with E-state index in [2.05, 4.69) is 5.32 Å². The molecule has 0 aliphatic heterocycles. The van der Waals surface area contributed by atoms with Crippen LogP contribution in [0.25, 0.3) is 0 Å². The second kappa shape index (κ2) is 7.25. The predicted octanol–water partition coefficient (Wildman–Crippen LogP) is 3.52. The van der Waals surface area contributed by atoms with E-state index in [0.29, 0.717) is 18.0 Å². The van der Waals surface area contributed by atoms with Crippen LogP contribution in [0.15, 0.2) is 48.5 Å². The Hall–Kier alpha value is -2.69. The minimum atomic E-state index is -0.341. The van der Waals surface area contributed by atoms with Crippen molar-refractivity contribution >= 4 is 11.6 Å². The van der Waals surface area contributed by atoms with E-state index in [1.54, 1.807) is 24.3 Å². The van der Waals surface area contributed by atoms with Crippen LogP contribution in [0.3, 0.4) is 0 Å². The monoisotopic (exact) mass is 324 g/mol. The fourth-order valence-electron chi connectivity index (χ4n) is 3.30. The Morgan fingerprint density at radius 3 is 2.62 bits per heavy atom. The highest BCUT2D eigenvalue weighted by atomic mass is 16.6. The number of fused-ring (bicyclic) bond motifs is 1. The summed E-state index contributed by atoms with van der Waals surface area (Å²) < 4.78 is 0. The van der Waals surface area contributed by atoms with Crippen LogP contribution in [-0.4, -0.2) is 17.4 Å². The Kier molecular flexibility index (Phi) is 4.89. The van der Waals surface area contributed by atoms with Gasteiger partial charge >= 0.3 is 0 Å². The Labute approximate surface area is 140 Å². The zero-order valence-electron chi connectivity index (χ0n) is 13.4. The van der Waals surface area contributed by atoms with E-state index in [1.165, 1.54) is 5.56 Å². The average Bonchev–Trinajstić information content (AvgIpc) is 3.01. The van der Waals surface area contributed by atoms with Crippen LogP contribution in [0, 0.1) is 16.0 Å². The molecule has 1 aliphatic carbocycles. The SMILES string of the molecule is O=C(NCCCC1Cc2ccc([N+](=O)[O-])cc2C1)c1ccccc1. The number of nitrogens with one attached hydrogen (secondary N) is 1. The molecule has 0 bridgehead atoms. The summed E-state index contributed by atoms with van der Waals surface area (Å²) >= 11 is 0. The molecule has 5 heteroatoms. The molecule has 2 aromatic carbocycles. The third kappa shape index (κ3) is 3.79. The number of nitro groups is 1. The lowest BCUT2D eigenvalue weighted by atomic mass is 10.0. The van der Waals surface area contributed by atoms with Crippen molar-refractivity contribution in [2.24, 2.45) is 5.92 Å². The Morgan fingerprint density at radius 2 is 1.88 bits per heavy atom. The normalized spacial score (nSPS) is 15.8. The molecule has 0 fully saturated rings. The number of carbonyl (C=O) groups excluding carboxylic acids is 1. The third-order valence-corrected chi connectivity index (χ3v) is 4.53. The summed E-state index contributed by atoms with van der Waals surface area (Å²) in [5.74, 6) is 0.469. The first-order valence-electron chi connectivity index (χ1n) is 8.23. The molecule has 0 saturated carbocycles. The highest BCUT2D eigenvalue weighted by Gasteiger charge is 2.23. The second-order valence-corrected chi connectivity index (χ2v) is 6.25. The number of nitro benzene ring substituents is 1. The highest BCUT2D eigenvalue weighted by Crippen LogP contribution is 2.31. The van der Waals surface area contributed by atoms with Gasteiger partial charge in [-0.25, -0.2) is 0 Å². The lowest BCUT2D eigenvalue weighted by Gasteiger charge is -2.09. The minimum Gasteiger partial charge on any atom is -0.352 e. The smallest absolute Gasteiger partial charge is 0.269 e. The van der Waals surface area contributed by atoms with Gasteiger partial charge in [0.15, 0.2) is 0 Å². The van der Waals surface area contributed by atoms with Crippen molar-refractivity contribution in [3.63, 3.8) is 0 Å². The van der Waals surface area contributed by atoms with Crippen molar-refractivity contribution in [2.75, 3.05) is 6.54 Å². The summed E-state index contributed by atoms with van der Waals surface area (Å²) in [6.45, 7) is 0.653. The first-order valence-corrected chi connectivity index (χ1v) is 8.23. The van der Waals surface area contributed by atoms with Gasteiger partial charge in [0.05, 0.1) is 4.92 Å². The number of amides is 1. The summed E-state index contributed by atoms with van der Waals surface area (Å²) in [5.41, 5.74) is 3.17. The lowest BCUT2D eigenvalue weighted by molar-refractivity contribution is -0.384. The van der Waals surface area contributed by atoms with Crippen molar-refractivity contribution in [2.45, 2.75) is 25.7 Å². The Balaban J connectivity index is 1.44. The molecule has 5 nitrogen and oxygen atoms in total. The molecular formula is C19H20N2O3. The predicted molar refractivity (Wildman–Crippen MR) is 92.0 cm³/mol. The topological polar surface area (TPSA) is 72.2 Å². The fourth-order valence-corrected chi connectivity index (χ4v) is 3.30. The number of hydrogen-bond acceptors (Lipinski definition) is 3. The van der Waals surface area contributed by atoms with E-state index < -0.39 is 0 Å². The van der Waals surface area contributed by atoms with Gasteiger partial charge in [-0.15, -0.1) is 0 Å². The van der Waals surface area contributed by atoms with Crippen LogP contribution in [0.1, 0.15) is 34.3 Å². The summed E-state index contributed by atoms with van der Waals surface area (Å²) in [5, 5.41) is 13.8. The largest absolute Gasteiger partial charge is 0.352 e. The molecule has 0 spiro atoms. The zero-order valence-corrected chi connectivity index (χ0v) is 13.4. The van der Waals surface area contributed by atoms with E-state index >= 15 is 0 Å². The van der Waals surface area contributed by atoms with Crippen LogP contribution >= 0.6 is 0 Å². The number of rotatable bonds is 6. The maximum atomic E-state index is 11.9. The van der Waals surface area contributed by atoms with Gasteiger partial charge in [0, 0.05) is 24.2 Å². The van der Waals surface area contributed by atoms with Gasteiger partial charge < -0.3 is 5.32 Å².